The van der Waals surface area contributed by atoms with Gasteiger partial charge in [0.15, 0.2) is 0 Å². The molecule has 1 heterocycles. The van der Waals surface area contributed by atoms with Crippen LogP contribution < -0.4 is 11.3 Å². The zero-order chi connectivity index (χ0) is 13.2. The molecule has 2 rings (SSSR count). The highest BCUT2D eigenvalue weighted by molar-refractivity contribution is 7.91. The van der Waals surface area contributed by atoms with E-state index in [9.17, 15) is 8.42 Å². The van der Waals surface area contributed by atoms with Gasteiger partial charge >= 0.3 is 0 Å². The summed E-state index contributed by atoms with van der Waals surface area (Å²) in [6.07, 6.45) is 6.29. The molecule has 102 valence electrons. The first-order valence-electron chi connectivity index (χ1n) is 5.95. The summed E-state index contributed by atoms with van der Waals surface area (Å²) >= 11 is 1.14. The molecule has 3 N–H and O–H groups in total. The zero-order valence-corrected chi connectivity index (χ0v) is 11.9. The van der Waals surface area contributed by atoms with Gasteiger partial charge in [-0.1, -0.05) is 6.42 Å². The lowest BCUT2D eigenvalue weighted by Crippen LogP contribution is -2.38. The van der Waals surface area contributed by atoms with Crippen LogP contribution in [0.25, 0.3) is 0 Å². The number of hydrogen-bond donors (Lipinski definition) is 2. The highest BCUT2D eigenvalue weighted by Crippen LogP contribution is 2.35. The maximum atomic E-state index is 11.7. The van der Waals surface area contributed by atoms with Gasteiger partial charge in [0.2, 0.25) is 0 Å². The summed E-state index contributed by atoms with van der Waals surface area (Å²) in [4.78, 5) is 0. The van der Waals surface area contributed by atoms with E-state index in [4.69, 9.17) is 5.84 Å². The van der Waals surface area contributed by atoms with Crippen molar-refractivity contribution in [2.45, 2.75) is 37.0 Å². The molecule has 6 nitrogen and oxygen atoms in total. The number of aromatic nitrogens is 2. The number of rotatable bonds is 4. The minimum atomic E-state index is -2.97. The van der Waals surface area contributed by atoms with Crippen LogP contribution in [0.3, 0.4) is 0 Å². The summed E-state index contributed by atoms with van der Waals surface area (Å²) in [7, 11) is -2.97. The van der Waals surface area contributed by atoms with Crippen molar-refractivity contribution in [3.63, 3.8) is 0 Å². The van der Waals surface area contributed by atoms with Crippen LogP contribution in [0, 0.1) is 5.92 Å². The molecule has 3 atom stereocenters. The van der Waals surface area contributed by atoms with Crippen molar-refractivity contribution in [3.05, 3.63) is 11.9 Å². The van der Waals surface area contributed by atoms with Crippen LogP contribution >= 0.6 is 11.7 Å². The molecule has 1 fully saturated rings. The quantitative estimate of drug-likeness (QED) is 0.624. The van der Waals surface area contributed by atoms with Gasteiger partial charge in [-0.3, -0.25) is 11.3 Å². The van der Waals surface area contributed by atoms with Crippen LogP contribution in [-0.2, 0) is 9.84 Å². The van der Waals surface area contributed by atoms with Crippen LogP contribution in [0.15, 0.2) is 6.20 Å². The lowest BCUT2D eigenvalue weighted by molar-refractivity contribution is 0.271. The fourth-order valence-corrected chi connectivity index (χ4v) is 4.29. The summed E-state index contributed by atoms with van der Waals surface area (Å²) in [5, 5.41) is -0.251. The Labute approximate surface area is 111 Å². The molecule has 1 aliphatic rings. The second-order valence-corrected chi connectivity index (χ2v) is 7.74. The molecule has 8 heteroatoms. The first kappa shape index (κ1) is 13.9. The van der Waals surface area contributed by atoms with Gasteiger partial charge in [-0.15, -0.1) is 0 Å². The molecule has 1 saturated carbocycles. The van der Waals surface area contributed by atoms with E-state index < -0.39 is 9.84 Å². The van der Waals surface area contributed by atoms with Gasteiger partial charge < -0.3 is 0 Å². The first-order chi connectivity index (χ1) is 8.52. The highest BCUT2D eigenvalue weighted by Gasteiger charge is 2.34. The van der Waals surface area contributed by atoms with Gasteiger partial charge in [-0.2, -0.15) is 8.75 Å². The van der Waals surface area contributed by atoms with Gasteiger partial charge in [0.25, 0.3) is 0 Å². The zero-order valence-electron chi connectivity index (χ0n) is 10.2. The molecular formula is C10H18N4O2S2. The lowest BCUT2D eigenvalue weighted by atomic mass is 9.83. The van der Waals surface area contributed by atoms with Crippen LogP contribution in [0.2, 0.25) is 0 Å². The molecule has 0 saturated heterocycles. The molecule has 0 bridgehead atoms. The Morgan fingerprint density at radius 2 is 2.33 bits per heavy atom. The summed E-state index contributed by atoms with van der Waals surface area (Å²) in [6, 6.07) is -0.103. The Kier molecular flexibility index (Phi) is 4.31. The highest BCUT2D eigenvalue weighted by atomic mass is 32.2. The normalized spacial score (nSPS) is 27.0. The van der Waals surface area contributed by atoms with E-state index in [1.54, 1.807) is 6.20 Å². The third-order valence-corrected chi connectivity index (χ3v) is 5.75. The van der Waals surface area contributed by atoms with E-state index in [1.807, 2.05) is 0 Å². The molecular weight excluding hydrogens is 272 g/mol. The predicted octanol–water partition coefficient (Wildman–Crippen LogP) is 0.646. The van der Waals surface area contributed by atoms with Crippen LogP contribution in [-0.4, -0.2) is 28.7 Å². The lowest BCUT2D eigenvalue weighted by Gasteiger charge is -2.32. The van der Waals surface area contributed by atoms with Gasteiger partial charge in [0.1, 0.15) is 9.84 Å². The Morgan fingerprint density at radius 3 is 2.89 bits per heavy atom. The molecule has 1 aliphatic carbocycles. The smallest absolute Gasteiger partial charge is 0.150 e. The van der Waals surface area contributed by atoms with Gasteiger partial charge in [0, 0.05) is 6.26 Å². The van der Waals surface area contributed by atoms with Crippen LogP contribution in [0.4, 0.5) is 0 Å². The van der Waals surface area contributed by atoms with Crippen molar-refractivity contribution >= 4 is 21.6 Å². The fourth-order valence-electron chi connectivity index (χ4n) is 2.64. The van der Waals surface area contributed by atoms with Gasteiger partial charge in [-0.25, -0.2) is 8.42 Å². The second-order valence-electron chi connectivity index (χ2n) is 4.85. The Hall–Kier alpha value is -0.570. The summed E-state index contributed by atoms with van der Waals surface area (Å²) in [5.74, 6) is 5.79. The number of sulfone groups is 1. The summed E-state index contributed by atoms with van der Waals surface area (Å²) in [5.41, 5.74) is 3.56. The molecule has 0 amide bonds. The average molecular weight is 290 g/mol. The molecule has 1 aromatic rings. The van der Waals surface area contributed by atoms with Crippen molar-refractivity contribution in [2.24, 2.45) is 11.8 Å². The van der Waals surface area contributed by atoms with E-state index in [2.05, 4.69) is 14.2 Å². The Morgan fingerprint density at radius 1 is 1.56 bits per heavy atom. The number of nitrogens with one attached hydrogen (secondary N) is 1. The van der Waals surface area contributed by atoms with E-state index >= 15 is 0 Å². The minimum absolute atomic E-state index is 0.103. The number of hydrazine groups is 1. The number of nitrogens with two attached hydrogens (primary N) is 1. The van der Waals surface area contributed by atoms with Crippen molar-refractivity contribution in [2.75, 3.05) is 6.26 Å². The predicted molar refractivity (Wildman–Crippen MR) is 70.6 cm³/mol. The van der Waals surface area contributed by atoms with E-state index in [0.29, 0.717) is 6.42 Å². The summed E-state index contributed by atoms with van der Waals surface area (Å²) in [6.45, 7) is 0. The largest absolute Gasteiger partial charge is 0.271 e. The fraction of sp³-hybridized carbons (Fsp3) is 0.800. The molecule has 0 radical (unpaired) electrons. The van der Waals surface area contributed by atoms with Crippen LogP contribution in [0.1, 0.15) is 37.4 Å². The van der Waals surface area contributed by atoms with Crippen molar-refractivity contribution < 1.29 is 8.42 Å². The van der Waals surface area contributed by atoms with Crippen LogP contribution in [0.5, 0.6) is 0 Å². The third-order valence-electron chi connectivity index (χ3n) is 3.62. The number of nitrogens with zero attached hydrogens (tertiary/aromatic N) is 2. The molecule has 1 aromatic heterocycles. The molecule has 18 heavy (non-hydrogen) atoms. The monoisotopic (exact) mass is 290 g/mol. The molecule has 0 spiro atoms. The number of hydrogen-bond acceptors (Lipinski definition) is 7. The Bertz CT molecular complexity index is 474. The van der Waals surface area contributed by atoms with E-state index in [0.717, 1.165) is 36.7 Å². The SMILES string of the molecule is CS(=O)(=O)C1CCCC(C(NN)c2cnsn2)C1. The third kappa shape index (κ3) is 3.05. The molecule has 0 aromatic carbocycles. The first-order valence-corrected chi connectivity index (χ1v) is 8.63. The molecule has 0 aliphatic heterocycles. The maximum Gasteiger partial charge on any atom is 0.150 e. The topological polar surface area (TPSA) is 98.0 Å². The standard InChI is InChI=1S/C10H18N4O2S2/c1-18(15,16)8-4-2-3-7(5-8)10(13-11)9-6-12-17-14-9/h6-8,10,13H,2-5,11H2,1H3. The molecule has 3 unspecified atom stereocenters. The van der Waals surface area contributed by atoms with Crippen molar-refractivity contribution in [1.82, 2.24) is 14.2 Å². The minimum Gasteiger partial charge on any atom is -0.271 e. The second kappa shape index (κ2) is 5.60. The van der Waals surface area contributed by atoms with Gasteiger partial charge in [-0.05, 0) is 25.2 Å². The average Bonchev–Trinajstić information content (AvgIpc) is 2.83. The maximum absolute atomic E-state index is 11.7. The Balaban J connectivity index is 2.12. The van der Waals surface area contributed by atoms with E-state index in [-0.39, 0.29) is 17.2 Å². The van der Waals surface area contributed by atoms with Crippen molar-refractivity contribution in [3.8, 4) is 0 Å². The van der Waals surface area contributed by atoms with Crippen molar-refractivity contribution in [1.29, 1.82) is 0 Å². The summed E-state index contributed by atoms with van der Waals surface area (Å²) < 4.78 is 31.5. The van der Waals surface area contributed by atoms with E-state index in [1.165, 1.54) is 6.26 Å². The van der Waals surface area contributed by atoms with Gasteiger partial charge in [0.05, 0.1) is 34.9 Å².